The van der Waals surface area contributed by atoms with E-state index in [1.54, 1.807) is 4.68 Å². The van der Waals surface area contributed by atoms with Gasteiger partial charge in [-0.25, -0.2) is 13.8 Å². The number of aromatic nitrogens is 3. The van der Waals surface area contributed by atoms with E-state index in [-0.39, 0.29) is 17.4 Å². The molecule has 1 aliphatic heterocycles. The smallest absolute Gasteiger partial charge is 0.324 e. The third-order valence-corrected chi connectivity index (χ3v) is 7.55. The van der Waals surface area contributed by atoms with Gasteiger partial charge >= 0.3 is 6.03 Å². The van der Waals surface area contributed by atoms with E-state index in [0.29, 0.717) is 18.1 Å². The second-order valence-corrected chi connectivity index (χ2v) is 11.5. The first-order chi connectivity index (χ1) is 17.5. The van der Waals surface area contributed by atoms with Gasteiger partial charge in [0, 0.05) is 52.9 Å². The summed E-state index contributed by atoms with van der Waals surface area (Å²) in [5.41, 5.74) is 3.69. The fourth-order valence-electron chi connectivity index (χ4n) is 4.03. The average Bonchev–Trinajstić information content (AvgIpc) is 3.53. The molecule has 3 heterocycles. The van der Waals surface area contributed by atoms with Crippen LogP contribution in [0.5, 0.6) is 0 Å². The fraction of sp³-hybridized carbons (Fsp3) is 0.296. The number of amides is 3. The number of nitrogens with one attached hydrogen (secondary N) is 4. The van der Waals surface area contributed by atoms with Gasteiger partial charge in [0.25, 0.3) is 5.91 Å². The Morgan fingerprint density at radius 3 is 2.49 bits per heavy atom. The molecular weight excluding hydrogens is 486 g/mol. The molecule has 2 aromatic heterocycles. The molecule has 0 unspecified atom stereocenters. The van der Waals surface area contributed by atoms with E-state index in [9.17, 15) is 9.59 Å². The summed E-state index contributed by atoms with van der Waals surface area (Å²) in [5.74, 6) is 0.575. The lowest BCUT2D eigenvalue weighted by Crippen LogP contribution is -2.41. The Morgan fingerprint density at radius 2 is 1.81 bits per heavy atom. The monoisotopic (exact) mass is 517 g/mol. The molecule has 0 spiro atoms. The van der Waals surface area contributed by atoms with Gasteiger partial charge in [-0.2, -0.15) is 5.10 Å². The number of hydrogen-bond donors (Lipinski definition) is 4. The molecule has 1 fully saturated rings. The van der Waals surface area contributed by atoms with E-state index in [1.807, 2.05) is 78.9 Å². The molecule has 3 amide bonds. The van der Waals surface area contributed by atoms with Crippen molar-refractivity contribution in [2.45, 2.75) is 52.1 Å². The molecule has 1 saturated heterocycles. The third-order valence-electron chi connectivity index (χ3n) is 6.47. The van der Waals surface area contributed by atoms with Crippen molar-refractivity contribution in [3.63, 3.8) is 0 Å². The molecule has 37 heavy (non-hydrogen) atoms. The lowest BCUT2D eigenvalue weighted by atomic mass is 9.92. The summed E-state index contributed by atoms with van der Waals surface area (Å²) in [7, 11) is 0. The number of benzene rings is 2. The first-order valence-corrected chi connectivity index (χ1v) is 12.9. The molecule has 0 atom stereocenters. The fourth-order valence-corrected chi connectivity index (χ4v) is 5.00. The van der Waals surface area contributed by atoms with Crippen LogP contribution in [-0.4, -0.2) is 36.5 Å². The largest absolute Gasteiger partial charge is 0.361 e. The Balaban J connectivity index is 1.36. The number of rotatable bonds is 5. The lowest BCUT2D eigenvalue weighted by Gasteiger charge is -2.25. The SMILES string of the molecule is CC(C)(C)c1cc(NC(=O)Nc2ccc3[nH]ccc3c2)n(-c2ccc(CN3SNC(=O)C3(C)C)cc2)n1. The number of hydrogen-bond acceptors (Lipinski definition) is 5. The Hall–Kier alpha value is -3.76. The van der Waals surface area contributed by atoms with Gasteiger partial charge in [-0.3, -0.25) is 14.8 Å². The molecule has 0 aliphatic carbocycles. The van der Waals surface area contributed by atoms with Gasteiger partial charge in [-0.15, -0.1) is 0 Å². The number of H-pyrrole nitrogens is 1. The number of urea groups is 1. The highest BCUT2D eigenvalue weighted by Gasteiger charge is 2.41. The second kappa shape index (κ2) is 9.28. The summed E-state index contributed by atoms with van der Waals surface area (Å²) in [5, 5.41) is 11.7. The van der Waals surface area contributed by atoms with Crippen LogP contribution in [0.15, 0.2) is 60.8 Å². The van der Waals surface area contributed by atoms with E-state index >= 15 is 0 Å². The lowest BCUT2D eigenvalue weighted by molar-refractivity contribution is -0.125. The van der Waals surface area contributed by atoms with E-state index in [1.165, 1.54) is 12.1 Å². The minimum absolute atomic E-state index is 0.00221. The number of carbonyl (C=O) groups is 2. The predicted molar refractivity (Wildman–Crippen MR) is 149 cm³/mol. The zero-order chi connectivity index (χ0) is 26.4. The van der Waals surface area contributed by atoms with Crippen LogP contribution in [0.2, 0.25) is 0 Å². The minimum Gasteiger partial charge on any atom is -0.361 e. The van der Waals surface area contributed by atoms with Crippen LogP contribution in [0.4, 0.5) is 16.3 Å². The van der Waals surface area contributed by atoms with Crippen LogP contribution in [-0.2, 0) is 16.8 Å². The predicted octanol–water partition coefficient (Wildman–Crippen LogP) is 5.57. The summed E-state index contributed by atoms with van der Waals surface area (Å²) < 4.78 is 6.60. The molecule has 10 heteroatoms. The maximum Gasteiger partial charge on any atom is 0.324 e. The number of anilines is 2. The maximum absolute atomic E-state index is 12.9. The Bertz CT molecular complexity index is 1460. The van der Waals surface area contributed by atoms with Gasteiger partial charge in [0.05, 0.1) is 11.4 Å². The van der Waals surface area contributed by atoms with Crippen molar-refractivity contribution in [3.8, 4) is 5.69 Å². The molecule has 0 bridgehead atoms. The van der Waals surface area contributed by atoms with Crippen molar-refractivity contribution in [2.24, 2.45) is 0 Å². The second-order valence-electron chi connectivity index (χ2n) is 10.7. The number of fused-ring (bicyclic) bond motifs is 1. The third kappa shape index (κ3) is 5.07. The van der Waals surface area contributed by atoms with Gasteiger partial charge in [-0.1, -0.05) is 32.9 Å². The number of carbonyl (C=O) groups excluding carboxylic acids is 2. The van der Waals surface area contributed by atoms with Gasteiger partial charge in [-0.05, 0) is 55.8 Å². The molecule has 9 nitrogen and oxygen atoms in total. The van der Waals surface area contributed by atoms with Crippen LogP contribution in [0.1, 0.15) is 45.9 Å². The summed E-state index contributed by atoms with van der Waals surface area (Å²) >= 11 is 1.33. The van der Waals surface area contributed by atoms with Crippen LogP contribution < -0.4 is 15.4 Å². The summed E-state index contributed by atoms with van der Waals surface area (Å²) in [6, 6.07) is 17.2. The van der Waals surface area contributed by atoms with Crippen molar-refractivity contribution in [3.05, 3.63) is 72.1 Å². The molecule has 5 rings (SSSR count). The molecule has 0 saturated carbocycles. The van der Waals surface area contributed by atoms with Crippen LogP contribution >= 0.6 is 12.1 Å². The molecule has 2 aromatic carbocycles. The highest BCUT2D eigenvalue weighted by molar-refractivity contribution is 7.96. The normalized spacial score (nSPS) is 15.6. The first-order valence-electron chi connectivity index (χ1n) is 12.1. The van der Waals surface area contributed by atoms with Gasteiger partial charge in [0.2, 0.25) is 0 Å². The van der Waals surface area contributed by atoms with Crippen LogP contribution in [0.3, 0.4) is 0 Å². The number of aromatic amines is 1. The van der Waals surface area contributed by atoms with Gasteiger partial charge in [0.1, 0.15) is 11.4 Å². The molecule has 1 aliphatic rings. The van der Waals surface area contributed by atoms with E-state index < -0.39 is 5.54 Å². The topological polar surface area (TPSA) is 107 Å². The quantitative estimate of drug-likeness (QED) is 0.259. The number of nitrogens with zero attached hydrogens (tertiary/aromatic N) is 3. The molecule has 4 aromatic rings. The summed E-state index contributed by atoms with van der Waals surface area (Å²) in [6.07, 6.45) is 1.87. The Kier molecular flexibility index (Phi) is 6.25. The zero-order valence-electron chi connectivity index (χ0n) is 21.5. The highest BCUT2D eigenvalue weighted by atomic mass is 32.2. The van der Waals surface area contributed by atoms with Gasteiger partial charge in [0.15, 0.2) is 0 Å². The van der Waals surface area contributed by atoms with Crippen molar-refractivity contribution in [1.29, 1.82) is 0 Å². The molecule has 0 radical (unpaired) electrons. The summed E-state index contributed by atoms with van der Waals surface area (Å²) in [4.78, 5) is 28.2. The van der Waals surface area contributed by atoms with Crippen molar-refractivity contribution in [1.82, 2.24) is 23.8 Å². The van der Waals surface area contributed by atoms with E-state index in [2.05, 4.69) is 41.1 Å². The maximum atomic E-state index is 12.9. The van der Waals surface area contributed by atoms with E-state index in [0.717, 1.165) is 27.8 Å². The van der Waals surface area contributed by atoms with Crippen LogP contribution in [0, 0.1) is 0 Å². The van der Waals surface area contributed by atoms with Crippen molar-refractivity contribution < 1.29 is 9.59 Å². The van der Waals surface area contributed by atoms with Crippen LogP contribution in [0.25, 0.3) is 16.6 Å². The standard InChI is InChI=1S/C27H31N7O2S/c1-26(2,3)22-15-23(30-25(36)29-19-8-11-21-18(14-19)12-13-28-21)34(31-22)20-9-6-17(7-10-20)16-33-27(4,5)24(35)32-37-33/h6-15,28H,16H2,1-5H3,(H,32,35)(H2,29,30,36). The Morgan fingerprint density at radius 1 is 1.05 bits per heavy atom. The summed E-state index contributed by atoms with van der Waals surface area (Å²) in [6.45, 7) is 10.7. The van der Waals surface area contributed by atoms with Crippen molar-refractivity contribution in [2.75, 3.05) is 10.6 Å². The first kappa shape index (κ1) is 24.9. The average molecular weight is 518 g/mol. The highest BCUT2D eigenvalue weighted by Crippen LogP contribution is 2.32. The molecular formula is C27H31N7O2S. The zero-order valence-corrected chi connectivity index (χ0v) is 22.4. The molecule has 4 N–H and O–H groups in total. The molecule has 192 valence electrons. The minimum atomic E-state index is -0.580. The van der Waals surface area contributed by atoms with E-state index in [4.69, 9.17) is 5.10 Å². The van der Waals surface area contributed by atoms with Gasteiger partial charge < -0.3 is 10.3 Å². The van der Waals surface area contributed by atoms with Crippen molar-refractivity contribution >= 4 is 46.5 Å². The Labute approximate surface area is 220 Å².